The summed E-state index contributed by atoms with van der Waals surface area (Å²) in [6.07, 6.45) is 1.16. The molecule has 4 aromatic rings. The van der Waals surface area contributed by atoms with Crippen LogP contribution < -0.4 is 10.6 Å². The van der Waals surface area contributed by atoms with Gasteiger partial charge in [0, 0.05) is 34.5 Å². The fourth-order valence-electron chi connectivity index (χ4n) is 4.46. The lowest BCUT2D eigenvalue weighted by molar-refractivity contribution is -0.383. The minimum absolute atomic E-state index is 0.0929. The Morgan fingerprint density at radius 1 is 1.00 bits per heavy atom. The van der Waals surface area contributed by atoms with Gasteiger partial charge in [0.15, 0.2) is 0 Å². The van der Waals surface area contributed by atoms with E-state index >= 15 is 0 Å². The number of aromatic nitrogens is 2. The number of rotatable bonds is 11. The Kier molecular flexibility index (Phi) is 9.83. The van der Waals surface area contributed by atoms with Crippen molar-refractivity contribution in [2.24, 2.45) is 0 Å². The molecule has 3 aromatic carbocycles. The number of nitrogens with zero attached hydrogens (tertiary/aromatic N) is 5. The third kappa shape index (κ3) is 6.87. The molecule has 14 heteroatoms. The Morgan fingerprint density at radius 2 is 1.60 bits per heavy atom. The van der Waals surface area contributed by atoms with Crippen LogP contribution in [0.4, 0.5) is 28.7 Å². The van der Waals surface area contributed by atoms with E-state index in [-0.39, 0.29) is 21.6 Å². The minimum Gasteiger partial charge on any atom is -0.334 e. The number of aryl methyl sites for hydroxylation is 1. The zero-order chi connectivity index (χ0) is 31.3. The zero-order valence-corrected chi connectivity index (χ0v) is 25.7. The van der Waals surface area contributed by atoms with Crippen molar-refractivity contribution in [3.63, 3.8) is 0 Å². The Morgan fingerprint density at radius 3 is 2.16 bits per heavy atom. The molecule has 0 saturated heterocycles. The fourth-order valence-corrected chi connectivity index (χ4v) is 6.32. The third-order valence-electron chi connectivity index (χ3n) is 6.71. The maximum absolute atomic E-state index is 12.8. The van der Waals surface area contributed by atoms with Gasteiger partial charge in [0.1, 0.15) is 6.33 Å². The Balaban J connectivity index is 1.63. The largest absolute Gasteiger partial charge is 0.353 e. The van der Waals surface area contributed by atoms with Gasteiger partial charge in [-0.1, -0.05) is 55.2 Å². The number of hydrogen-bond acceptors (Lipinski definition) is 9. The molecule has 4 rings (SSSR count). The van der Waals surface area contributed by atoms with Gasteiger partial charge in [0.25, 0.3) is 0 Å². The smallest absolute Gasteiger partial charge is 0.334 e. The van der Waals surface area contributed by atoms with Gasteiger partial charge >= 0.3 is 5.69 Å². The number of sulfonamides is 1. The summed E-state index contributed by atoms with van der Waals surface area (Å²) >= 11 is 12.6. The lowest BCUT2D eigenvalue weighted by Crippen LogP contribution is -2.30. The van der Waals surface area contributed by atoms with Crippen molar-refractivity contribution in [1.82, 2.24) is 14.3 Å². The predicted octanol–water partition coefficient (Wildman–Crippen LogP) is 7.17. The molecule has 43 heavy (non-hydrogen) atoms. The van der Waals surface area contributed by atoms with E-state index in [1.165, 1.54) is 28.6 Å². The van der Waals surface area contributed by atoms with Crippen molar-refractivity contribution in [3.05, 3.63) is 104 Å². The lowest BCUT2D eigenvalue weighted by Gasteiger charge is -2.18. The third-order valence-corrected chi connectivity index (χ3v) is 9.35. The summed E-state index contributed by atoms with van der Waals surface area (Å²) in [4.78, 5) is 19.8. The van der Waals surface area contributed by atoms with Gasteiger partial charge in [0.05, 0.1) is 21.8 Å². The second kappa shape index (κ2) is 13.4. The van der Waals surface area contributed by atoms with Crippen LogP contribution in [0.3, 0.4) is 0 Å². The molecule has 0 aliphatic heterocycles. The first-order valence-electron chi connectivity index (χ1n) is 13.1. The van der Waals surface area contributed by atoms with Crippen LogP contribution >= 0.6 is 23.2 Å². The quantitative estimate of drug-likeness (QED) is 0.128. The Labute approximate surface area is 259 Å². The molecule has 0 amide bonds. The van der Waals surface area contributed by atoms with Crippen LogP contribution in [0.15, 0.2) is 71.9 Å². The number of anilines is 4. The van der Waals surface area contributed by atoms with Crippen LogP contribution in [0, 0.1) is 28.4 Å². The van der Waals surface area contributed by atoms with E-state index in [0.717, 1.165) is 11.9 Å². The highest BCUT2D eigenvalue weighted by Gasteiger charge is 2.26. The summed E-state index contributed by atoms with van der Waals surface area (Å²) in [5.41, 5.74) is 2.36. The highest BCUT2D eigenvalue weighted by Crippen LogP contribution is 2.38. The monoisotopic (exact) mass is 639 g/mol. The van der Waals surface area contributed by atoms with Crippen LogP contribution in [-0.4, -0.2) is 40.7 Å². The molecule has 0 aliphatic carbocycles. The predicted molar refractivity (Wildman–Crippen MR) is 167 cm³/mol. The van der Waals surface area contributed by atoms with E-state index in [1.807, 2.05) is 0 Å². The maximum atomic E-state index is 12.8. The summed E-state index contributed by atoms with van der Waals surface area (Å²) in [5.74, 6) is -0.853. The first kappa shape index (κ1) is 31.7. The Hall–Kier alpha value is -4.28. The molecule has 222 valence electrons. The number of hydrogen-bond donors (Lipinski definition) is 2. The molecule has 1 unspecified atom stereocenters. The molecule has 1 heterocycles. The van der Waals surface area contributed by atoms with Crippen molar-refractivity contribution in [1.29, 1.82) is 5.26 Å². The highest BCUT2D eigenvalue weighted by atomic mass is 35.5. The molecular weight excluding hydrogens is 613 g/mol. The van der Waals surface area contributed by atoms with Crippen molar-refractivity contribution in [3.8, 4) is 6.07 Å². The molecule has 11 nitrogen and oxygen atoms in total. The van der Waals surface area contributed by atoms with Gasteiger partial charge in [-0.25, -0.2) is 18.4 Å². The van der Waals surface area contributed by atoms with E-state index in [4.69, 9.17) is 23.2 Å². The minimum atomic E-state index is -3.66. The number of benzene rings is 3. The van der Waals surface area contributed by atoms with Gasteiger partial charge in [-0.2, -0.15) is 9.57 Å². The highest BCUT2D eigenvalue weighted by molar-refractivity contribution is 7.89. The molecule has 0 radical (unpaired) electrons. The van der Waals surface area contributed by atoms with Gasteiger partial charge < -0.3 is 10.6 Å². The molecule has 0 bridgehead atoms. The molecule has 1 aromatic heterocycles. The van der Waals surface area contributed by atoms with Crippen molar-refractivity contribution in [2.75, 3.05) is 23.7 Å². The summed E-state index contributed by atoms with van der Waals surface area (Å²) in [7, 11) is -3.66. The van der Waals surface area contributed by atoms with Crippen LogP contribution in [0.25, 0.3) is 0 Å². The molecule has 1 atom stereocenters. The first-order valence-corrected chi connectivity index (χ1v) is 15.3. The van der Waals surface area contributed by atoms with Crippen molar-refractivity contribution < 1.29 is 13.3 Å². The average Bonchev–Trinajstić information content (AvgIpc) is 2.97. The maximum Gasteiger partial charge on any atom is 0.353 e. The zero-order valence-electron chi connectivity index (χ0n) is 23.4. The van der Waals surface area contributed by atoms with E-state index < -0.39 is 26.6 Å². The molecule has 0 spiro atoms. The van der Waals surface area contributed by atoms with Gasteiger partial charge in [-0.15, -0.1) is 0 Å². The summed E-state index contributed by atoms with van der Waals surface area (Å²) in [5, 5.41) is 28.7. The van der Waals surface area contributed by atoms with E-state index in [9.17, 15) is 23.8 Å². The molecule has 2 N–H and O–H groups in total. The van der Waals surface area contributed by atoms with Gasteiger partial charge in [-0.3, -0.25) is 10.1 Å². The summed E-state index contributed by atoms with van der Waals surface area (Å²) in [6.45, 7) is 5.95. The number of nitriles is 1. The molecule has 0 fully saturated rings. The summed E-state index contributed by atoms with van der Waals surface area (Å²) < 4.78 is 26.9. The van der Waals surface area contributed by atoms with Crippen molar-refractivity contribution >= 4 is 61.9 Å². The van der Waals surface area contributed by atoms with Crippen LogP contribution in [0.5, 0.6) is 0 Å². The second-order valence-electron chi connectivity index (χ2n) is 9.34. The summed E-state index contributed by atoms with van der Waals surface area (Å²) in [6, 6.07) is 18.3. The fraction of sp³-hybridized carbons (Fsp3) is 0.207. The second-order valence-corrected chi connectivity index (χ2v) is 12.1. The molecular formula is C29H27Cl2N7O4S. The topological polar surface area (TPSA) is 154 Å². The normalized spacial score (nSPS) is 12.0. The number of nitro groups is 1. The molecule has 0 aliphatic rings. The van der Waals surface area contributed by atoms with Crippen LogP contribution in [0.1, 0.15) is 36.5 Å². The van der Waals surface area contributed by atoms with Crippen LogP contribution in [-0.2, 0) is 10.0 Å². The Bertz CT molecular complexity index is 1790. The first-order chi connectivity index (χ1) is 20.5. The molecule has 0 saturated carbocycles. The van der Waals surface area contributed by atoms with E-state index in [0.29, 0.717) is 40.6 Å². The van der Waals surface area contributed by atoms with Gasteiger partial charge in [0.2, 0.25) is 21.7 Å². The average molecular weight is 641 g/mol. The van der Waals surface area contributed by atoms with E-state index in [2.05, 4.69) is 26.7 Å². The number of nitrogens with one attached hydrogen (secondary N) is 2. The van der Waals surface area contributed by atoms with Gasteiger partial charge in [-0.05, 0) is 66.1 Å². The number of halogens is 2. The standard InChI is InChI=1S/C29H27Cl2N7O4S/c1-4-37(5-2)43(41,42)22-12-10-21(11-13-22)35-28-27(38(39)40)29(34-17-33-28)36-26-15-25(31)23(14-18(26)3)24(16-32)19-6-8-20(30)9-7-19/h6-15,17,24H,4-5H2,1-3H3,(H2,33,34,35,36). The SMILES string of the molecule is CCN(CC)S(=O)(=O)c1ccc(Nc2ncnc(Nc3cc(Cl)c(C(C#N)c4ccc(Cl)cc4)cc3C)c2[N+](=O)[O-])cc1. The lowest BCUT2D eigenvalue weighted by atomic mass is 9.91. The van der Waals surface area contributed by atoms with E-state index in [1.54, 1.807) is 57.2 Å². The van der Waals surface area contributed by atoms with Crippen molar-refractivity contribution in [2.45, 2.75) is 31.6 Å². The van der Waals surface area contributed by atoms with Crippen LogP contribution in [0.2, 0.25) is 10.0 Å².